The highest BCUT2D eigenvalue weighted by Crippen LogP contribution is 2.05. The maximum Gasteiger partial charge on any atom is 0.338 e. The van der Waals surface area contributed by atoms with Gasteiger partial charge in [0.25, 0.3) is 0 Å². The third-order valence-corrected chi connectivity index (χ3v) is 1.65. The molecule has 0 radical (unpaired) electrons. The van der Waals surface area contributed by atoms with E-state index in [4.69, 9.17) is 0 Å². The van der Waals surface area contributed by atoms with Crippen LogP contribution in [0.25, 0.3) is 0 Å². The summed E-state index contributed by atoms with van der Waals surface area (Å²) in [4.78, 5) is 11.0. The van der Waals surface area contributed by atoms with Gasteiger partial charge in [-0.25, -0.2) is 4.79 Å². The quantitative estimate of drug-likeness (QED) is 0.516. The minimum Gasteiger partial charge on any atom is -0.467 e. The van der Waals surface area contributed by atoms with E-state index < -0.39 is 17.2 Å². The van der Waals surface area contributed by atoms with E-state index >= 15 is 0 Å². The largest absolute Gasteiger partial charge is 0.467 e. The number of carbonyl (C=O) groups excluding carboxylic acids is 1. The molecule has 0 bridgehead atoms. The zero-order valence-electron chi connectivity index (χ0n) is 9.13. The summed E-state index contributed by atoms with van der Waals surface area (Å²) in [5.74, 6) is -0.694. The molecule has 0 saturated carbocycles. The van der Waals surface area contributed by atoms with Crippen LogP contribution in [0.5, 0.6) is 0 Å². The Kier molecular flexibility index (Phi) is 4.51. The standard InChI is InChI=1S/C9H19NO4/c1-8(2,12)5-10-6-9(3,13)7(11)14-4/h10,12-13H,5-6H2,1-4H3. The third kappa shape index (κ3) is 5.16. The highest BCUT2D eigenvalue weighted by atomic mass is 16.5. The van der Waals surface area contributed by atoms with Gasteiger partial charge >= 0.3 is 5.97 Å². The number of nitrogens with one attached hydrogen (secondary N) is 1. The Morgan fingerprint density at radius 2 is 1.79 bits per heavy atom. The fourth-order valence-corrected chi connectivity index (χ4v) is 0.904. The van der Waals surface area contributed by atoms with Crippen molar-refractivity contribution in [2.75, 3.05) is 20.2 Å². The highest BCUT2D eigenvalue weighted by molar-refractivity contribution is 5.78. The summed E-state index contributed by atoms with van der Waals surface area (Å²) >= 11 is 0. The number of esters is 1. The average molecular weight is 205 g/mol. The van der Waals surface area contributed by atoms with Crippen molar-refractivity contribution >= 4 is 5.97 Å². The Hall–Kier alpha value is -0.650. The molecule has 84 valence electrons. The van der Waals surface area contributed by atoms with Crippen LogP contribution in [0.3, 0.4) is 0 Å². The number of rotatable bonds is 5. The van der Waals surface area contributed by atoms with Gasteiger partial charge in [0.1, 0.15) is 0 Å². The SMILES string of the molecule is COC(=O)C(C)(O)CNCC(C)(C)O. The first kappa shape index (κ1) is 13.4. The van der Waals surface area contributed by atoms with E-state index in [0.717, 1.165) is 0 Å². The minimum absolute atomic E-state index is 0.0453. The Morgan fingerprint density at radius 3 is 2.14 bits per heavy atom. The molecule has 0 heterocycles. The van der Waals surface area contributed by atoms with Crippen LogP contribution in [-0.2, 0) is 9.53 Å². The molecule has 14 heavy (non-hydrogen) atoms. The van der Waals surface area contributed by atoms with E-state index in [-0.39, 0.29) is 6.54 Å². The zero-order valence-corrected chi connectivity index (χ0v) is 9.13. The molecule has 5 nitrogen and oxygen atoms in total. The van der Waals surface area contributed by atoms with E-state index in [9.17, 15) is 15.0 Å². The van der Waals surface area contributed by atoms with Crippen molar-refractivity contribution in [3.8, 4) is 0 Å². The second-order valence-electron chi connectivity index (χ2n) is 4.18. The summed E-state index contributed by atoms with van der Waals surface area (Å²) in [6.45, 7) is 4.96. The molecule has 0 amide bonds. The molecule has 0 aromatic heterocycles. The lowest BCUT2D eigenvalue weighted by Crippen LogP contribution is -2.48. The van der Waals surface area contributed by atoms with Gasteiger partial charge in [-0.3, -0.25) is 0 Å². The van der Waals surface area contributed by atoms with Crippen LogP contribution >= 0.6 is 0 Å². The Balaban J connectivity index is 3.94. The maximum absolute atomic E-state index is 11.0. The van der Waals surface area contributed by atoms with Crippen LogP contribution in [-0.4, -0.2) is 47.6 Å². The smallest absolute Gasteiger partial charge is 0.338 e. The molecule has 0 aliphatic heterocycles. The Labute approximate surface area is 84.1 Å². The number of ether oxygens (including phenoxy) is 1. The van der Waals surface area contributed by atoms with Crippen molar-refractivity contribution in [3.05, 3.63) is 0 Å². The predicted molar refractivity (Wildman–Crippen MR) is 51.8 cm³/mol. The number of hydrogen-bond donors (Lipinski definition) is 3. The molecule has 0 aliphatic rings. The van der Waals surface area contributed by atoms with Crippen LogP contribution in [0, 0.1) is 0 Å². The fraction of sp³-hybridized carbons (Fsp3) is 0.889. The van der Waals surface area contributed by atoms with E-state index in [1.54, 1.807) is 13.8 Å². The van der Waals surface area contributed by atoms with Gasteiger partial charge in [-0.05, 0) is 20.8 Å². The summed E-state index contributed by atoms with van der Waals surface area (Å²) in [5, 5.41) is 21.7. The number of carbonyl (C=O) groups is 1. The van der Waals surface area contributed by atoms with Gasteiger partial charge in [-0.2, -0.15) is 0 Å². The topological polar surface area (TPSA) is 78.8 Å². The molecule has 0 spiro atoms. The Morgan fingerprint density at radius 1 is 1.29 bits per heavy atom. The lowest BCUT2D eigenvalue weighted by Gasteiger charge is -2.23. The predicted octanol–water partition coefficient (Wildman–Crippen LogP) is -0.729. The molecule has 0 aliphatic carbocycles. The zero-order chi connectivity index (χ0) is 11.4. The molecule has 1 atom stereocenters. The first-order chi connectivity index (χ1) is 6.19. The molecule has 0 fully saturated rings. The van der Waals surface area contributed by atoms with E-state index in [2.05, 4.69) is 10.1 Å². The fourth-order valence-electron chi connectivity index (χ4n) is 0.904. The molecule has 5 heteroatoms. The first-order valence-corrected chi connectivity index (χ1v) is 4.43. The number of hydrogen-bond acceptors (Lipinski definition) is 5. The molecular formula is C9H19NO4. The van der Waals surface area contributed by atoms with Crippen LogP contribution in [0.1, 0.15) is 20.8 Å². The first-order valence-electron chi connectivity index (χ1n) is 4.43. The molecule has 0 rings (SSSR count). The van der Waals surface area contributed by atoms with Gasteiger partial charge in [-0.1, -0.05) is 0 Å². The van der Waals surface area contributed by atoms with Crippen molar-refractivity contribution in [3.63, 3.8) is 0 Å². The average Bonchev–Trinajstić information content (AvgIpc) is 2.00. The van der Waals surface area contributed by atoms with Gasteiger partial charge in [0.05, 0.1) is 12.7 Å². The van der Waals surface area contributed by atoms with Gasteiger partial charge in [0.2, 0.25) is 0 Å². The minimum atomic E-state index is -1.56. The van der Waals surface area contributed by atoms with Crippen molar-refractivity contribution < 1.29 is 19.7 Å². The summed E-state index contributed by atoms with van der Waals surface area (Å²) < 4.78 is 4.41. The van der Waals surface area contributed by atoms with Gasteiger partial charge < -0.3 is 20.3 Å². The van der Waals surface area contributed by atoms with Crippen LogP contribution in [0.15, 0.2) is 0 Å². The van der Waals surface area contributed by atoms with E-state index in [1.165, 1.54) is 14.0 Å². The normalized spacial score (nSPS) is 16.1. The molecule has 0 aromatic rings. The lowest BCUT2D eigenvalue weighted by atomic mass is 10.1. The Bertz CT molecular complexity index is 195. The number of aliphatic hydroxyl groups is 2. The summed E-state index contributed by atoms with van der Waals surface area (Å²) in [6, 6.07) is 0. The highest BCUT2D eigenvalue weighted by Gasteiger charge is 2.31. The molecular weight excluding hydrogens is 186 g/mol. The molecule has 0 saturated heterocycles. The van der Waals surface area contributed by atoms with Crippen molar-refractivity contribution in [2.24, 2.45) is 0 Å². The second-order valence-corrected chi connectivity index (χ2v) is 4.18. The van der Waals surface area contributed by atoms with Crippen molar-refractivity contribution in [1.82, 2.24) is 5.32 Å². The summed E-state index contributed by atoms with van der Waals surface area (Å²) in [5.41, 5.74) is -2.42. The molecule has 3 N–H and O–H groups in total. The van der Waals surface area contributed by atoms with Crippen LogP contribution in [0.4, 0.5) is 0 Å². The van der Waals surface area contributed by atoms with Gasteiger partial charge in [0, 0.05) is 13.1 Å². The monoisotopic (exact) mass is 205 g/mol. The molecule has 0 aromatic carbocycles. The van der Waals surface area contributed by atoms with Crippen molar-refractivity contribution in [2.45, 2.75) is 32.0 Å². The van der Waals surface area contributed by atoms with Crippen LogP contribution < -0.4 is 5.32 Å². The summed E-state index contributed by atoms with van der Waals surface area (Å²) in [7, 11) is 1.22. The lowest BCUT2D eigenvalue weighted by molar-refractivity contribution is -0.160. The van der Waals surface area contributed by atoms with Gasteiger partial charge in [-0.15, -0.1) is 0 Å². The van der Waals surface area contributed by atoms with Crippen molar-refractivity contribution in [1.29, 1.82) is 0 Å². The van der Waals surface area contributed by atoms with Crippen LogP contribution in [0.2, 0.25) is 0 Å². The second kappa shape index (κ2) is 4.72. The summed E-state index contributed by atoms with van der Waals surface area (Å²) in [6.07, 6.45) is 0. The van der Waals surface area contributed by atoms with E-state index in [0.29, 0.717) is 6.54 Å². The number of methoxy groups -OCH3 is 1. The van der Waals surface area contributed by atoms with E-state index in [1.807, 2.05) is 0 Å². The van der Waals surface area contributed by atoms with Gasteiger partial charge in [0.15, 0.2) is 5.60 Å². The third-order valence-electron chi connectivity index (χ3n) is 1.65. The molecule has 1 unspecified atom stereocenters. The maximum atomic E-state index is 11.0.